The lowest BCUT2D eigenvalue weighted by Gasteiger charge is -2.11. The van der Waals surface area contributed by atoms with Crippen molar-refractivity contribution in [2.24, 2.45) is 5.10 Å². The van der Waals surface area contributed by atoms with Gasteiger partial charge in [0.2, 0.25) is 0 Å². The fourth-order valence-corrected chi connectivity index (χ4v) is 1.50. The summed E-state index contributed by atoms with van der Waals surface area (Å²) in [6.07, 6.45) is 5.93. The molecule has 2 aromatic rings. The predicted octanol–water partition coefficient (Wildman–Crippen LogP) is 1.31. The summed E-state index contributed by atoms with van der Waals surface area (Å²) in [7, 11) is 3.95. The lowest BCUT2D eigenvalue weighted by atomic mass is 10.2. The number of hydrogen-bond acceptors (Lipinski definition) is 5. The minimum absolute atomic E-state index is 0.229. The van der Waals surface area contributed by atoms with Crippen molar-refractivity contribution < 1.29 is 4.79 Å². The molecule has 1 aromatic heterocycles. The van der Waals surface area contributed by atoms with Crippen LogP contribution >= 0.6 is 0 Å². The molecule has 1 aromatic carbocycles. The molecular formula is C14H15N5O. The maximum atomic E-state index is 11.6. The standard InChI is InChI=1S/C14H15N5O/c1-19(2)12-5-3-11(4-6-12)9-17-18-14(20)13-10-15-7-8-16-13/h3-10H,1-2H3,(H,18,20). The number of nitrogens with zero attached hydrogens (tertiary/aromatic N) is 4. The van der Waals surface area contributed by atoms with Crippen LogP contribution in [-0.4, -0.2) is 36.2 Å². The van der Waals surface area contributed by atoms with E-state index in [1.54, 1.807) is 6.21 Å². The lowest BCUT2D eigenvalue weighted by Crippen LogP contribution is -2.19. The van der Waals surface area contributed by atoms with Gasteiger partial charge >= 0.3 is 0 Å². The van der Waals surface area contributed by atoms with Crippen molar-refractivity contribution in [1.82, 2.24) is 15.4 Å². The number of aromatic nitrogens is 2. The lowest BCUT2D eigenvalue weighted by molar-refractivity contribution is 0.0949. The molecule has 6 heteroatoms. The maximum absolute atomic E-state index is 11.6. The Kier molecular flexibility index (Phi) is 4.39. The van der Waals surface area contributed by atoms with Gasteiger partial charge in [-0.05, 0) is 17.7 Å². The number of carbonyl (C=O) groups is 1. The third-order valence-corrected chi connectivity index (χ3v) is 2.59. The zero-order valence-electron chi connectivity index (χ0n) is 11.3. The number of anilines is 1. The van der Waals surface area contributed by atoms with Gasteiger partial charge in [0.25, 0.3) is 5.91 Å². The highest BCUT2D eigenvalue weighted by atomic mass is 16.2. The van der Waals surface area contributed by atoms with E-state index in [0.29, 0.717) is 0 Å². The highest BCUT2D eigenvalue weighted by Gasteiger charge is 2.04. The number of carbonyl (C=O) groups excluding carboxylic acids is 1. The first-order chi connectivity index (χ1) is 9.66. The SMILES string of the molecule is CN(C)c1ccc(C=NNC(=O)c2cnccn2)cc1. The summed E-state index contributed by atoms with van der Waals surface area (Å²) in [5, 5.41) is 3.89. The molecule has 1 N–H and O–H groups in total. The monoisotopic (exact) mass is 269 g/mol. The predicted molar refractivity (Wildman–Crippen MR) is 77.9 cm³/mol. The molecule has 1 heterocycles. The van der Waals surface area contributed by atoms with Crippen molar-refractivity contribution in [3.05, 3.63) is 54.1 Å². The second-order valence-electron chi connectivity index (χ2n) is 4.28. The van der Waals surface area contributed by atoms with Crippen molar-refractivity contribution >= 4 is 17.8 Å². The molecular weight excluding hydrogens is 254 g/mol. The number of amides is 1. The van der Waals surface area contributed by atoms with Gasteiger partial charge in [-0.3, -0.25) is 9.78 Å². The Bertz CT molecular complexity index is 593. The largest absolute Gasteiger partial charge is 0.378 e. The zero-order chi connectivity index (χ0) is 14.4. The van der Waals surface area contributed by atoms with Gasteiger partial charge in [0, 0.05) is 32.2 Å². The molecule has 0 atom stereocenters. The molecule has 6 nitrogen and oxygen atoms in total. The molecule has 0 aliphatic rings. The molecule has 0 fully saturated rings. The summed E-state index contributed by atoms with van der Waals surface area (Å²) in [5.41, 5.74) is 4.63. The fraction of sp³-hybridized carbons (Fsp3) is 0.143. The van der Waals surface area contributed by atoms with Gasteiger partial charge in [0.1, 0.15) is 5.69 Å². The molecule has 1 amide bonds. The van der Waals surface area contributed by atoms with E-state index >= 15 is 0 Å². The van der Waals surface area contributed by atoms with Crippen molar-refractivity contribution in [3.63, 3.8) is 0 Å². The Balaban J connectivity index is 1.95. The van der Waals surface area contributed by atoms with Gasteiger partial charge in [-0.25, -0.2) is 10.4 Å². The van der Waals surface area contributed by atoms with Crippen LogP contribution in [0.2, 0.25) is 0 Å². The molecule has 0 radical (unpaired) electrons. The minimum atomic E-state index is -0.390. The Morgan fingerprint density at radius 2 is 2.00 bits per heavy atom. The minimum Gasteiger partial charge on any atom is -0.378 e. The summed E-state index contributed by atoms with van der Waals surface area (Å²) < 4.78 is 0. The van der Waals surface area contributed by atoms with Crippen LogP contribution in [0.25, 0.3) is 0 Å². The van der Waals surface area contributed by atoms with Gasteiger partial charge in [0.05, 0.1) is 12.4 Å². The van der Waals surface area contributed by atoms with E-state index in [2.05, 4.69) is 20.5 Å². The number of benzene rings is 1. The summed E-state index contributed by atoms with van der Waals surface area (Å²) in [5.74, 6) is -0.390. The molecule has 102 valence electrons. The van der Waals surface area contributed by atoms with Crippen molar-refractivity contribution in [1.29, 1.82) is 0 Å². The van der Waals surface area contributed by atoms with E-state index in [1.165, 1.54) is 18.6 Å². The zero-order valence-corrected chi connectivity index (χ0v) is 11.3. The first kappa shape index (κ1) is 13.7. The van der Waals surface area contributed by atoms with Crippen LogP contribution < -0.4 is 10.3 Å². The second-order valence-corrected chi connectivity index (χ2v) is 4.28. The topological polar surface area (TPSA) is 70.5 Å². The second kappa shape index (κ2) is 6.42. The average Bonchev–Trinajstić information content (AvgIpc) is 2.48. The number of rotatable bonds is 4. The Hall–Kier alpha value is -2.76. The van der Waals surface area contributed by atoms with E-state index < -0.39 is 0 Å². The normalized spacial score (nSPS) is 10.5. The molecule has 20 heavy (non-hydrogen) atoms. The first-order valence-electron chi connectivity index (χ1n) is 6.03. The van der Waals surface area contributed by atoms with E-state index in [4.69, 9.17) is 0 Å². The van der Waals surface area contributed by atoms with Gasteiger partial charge in [-0.1, -0.05) is 12.1 Å². The Morgan fingerprint density at radius 1 is 1.25 bits per heavy atom. The number of hydrazone groups is 1. The highest BCUT2D eigenvalue weighted by molar-refractivity contribution is 5.92. The van der Waals surface area contributed by atoms with E-state index in [1.807, 2.05) is 43.3 Å². The van der Waals surface area contributed by atoms with Gasteiger partial charge in [0.15, 0.2) is 0 Å². The van der Waals surface area contributed by atoms with Crippen LogP contribution in [0.1, 0.15) is 16.1 Å². The summed E-state index contributed by atoms with van der Waals surface area (Å²) in [6, 6.07) is 7.80. The summed E-state index contributed by atoms with van der Waals surface area (Å²) >= 11 is 0. The van der Waals surface area contributed by atoms with Crippen molar-refractivity contribution in [2.75, 3.05) is 19.0 Å². The molecule has 0 saturated heterocycles. The van der Waals surface area contributed by atoms with Crippen LogP contribution in [0.5, 0.6) is 0 Å². The van der Waals surface area contributed by atoms with Crippen LogP contribution in [0, 0.1) is 0 Å². The van der Waals surface area contributed by atoms with E-state index in [0.717, 1.165) is 11.3 Å². The Morgan fingerprint density at radius 3 is 2.60 bits per heavy atom. The molecule has 0 saturated carbocycles. The summed E-state index contributed by atoms with van der Waals surface area (Å²) in [4.78, 5) is 21.4. The third kappa shape index (κ3) is 3.61. The van der Waals surface area contributed by atoms with Crippen LogP contribution in [0.3, 0.4) is 0 Å². The fourth-order valence-electron chi connectivity index (χ4n) is 1.50. The number of nitrogens with one attached hydrogen (secondary N) is 1. The Labute approximate surface area is 117 Å². The van der Waals surface area contributed by atoms with Crippen LogP contribution in [0.15, 0.2) is 48.0 Å². The smallest absolute Gasteiger partial charge is 0.291 e. The molecule has 0 aliphatic heterocycles. The average molecular weight is 269 g/mol. The maximum Gasteiger partial charge on any atom is 0.291 e. The number of hydrogen-bond donors (Lipinski definition) is 1. The molecule has 0 spiro atoms. The van der Waals surface area contributed by atoms with Crippen LogP contribution in [-0.2, 0) is 0 Å². The molecule has 0 unspecified atom stereocenters. The van der Waals surface area contributed by atoms with Crippen LogP contribution in [0.4, 0.5) is 5.69 Å². The molecule has 0 bridgehead atoms. The first-order valence-corrected chi connectivity index (χ1v) is 6.03. The van der Waals surface area contributed by atoms with E-state index in [-0.39, 0.29) is 11.6 Å². The van der Waals surface area contributed by atoms with Gasteiger partial charge < -0.3 is 4.90 Å². The highest BCUT2D eigenvalue weighted by Crippen LogP contribution is 2.10. The third-order valence-electron chi connectivity index (χ3n) is 2.59. The quantitative estimate of drug-likeness (QED) is 0.671. The van der Waals surface area contributed by atoms with E-state index in [9.17, 15) is 4.79 Å². The van der Waals surface area contributed by atoms with Gasteiger partial charge in [-0.15, -0.1) is 0 Å². The molecule has 2 rings (SSSR count). The van der Waals surface area contributed by atoms with Crippen molar-refractivity contribution in [3.8, 4) is 0 Å². The van der Waals surface area contributed by atoms with Gasteiger partial charge in [-0.2, -0.15) is 5.10 Å². The van der Waals surface area contributed by atoms with Crippen molar-refractivity contribution in [2.45, 2.75) is 0 Å². The molecule has 0 aliphatic carbocycles. The summed E-state index contributed by atoms with van der Waals surface area (Å²) in [6.45, 7) is 0.